The number of carboxylic acid groups (broad SMARTS) is 1. The molecule has 2 N–H and O–H groups in total. The molecule has 0 unspecified atom stereocenters. The summed E-state index contributed by atoms with van der Waals surface area (Å²) in [4.78, 5) is 28.4. The number of nitrogens with one attached hydrogen (secondary N) is 1. The van der Waals surface area contributed by atoms with E-state index in [0.717, 1.165) is 17.1 Å². The highest BCUT2D eigenvalue weighted by Gasteiger charge is 2.36. The molecule has 0 spiro atoms. The van der Waals surface area contributed by atoms with E-state index in [1.807, 2.05) is 19.1 Å². The summed E-state index contributed by atoms with van der Waals surface area (Å²) in [5.41, 5.74) is 2.79. The Labute approximate surface area is 211 Å². The number of amides is 2. The van der Waals surface area contributed by atoms with Crippen LogP contribution in [0.1, 0.15) is 26.2 Å². The molecule has 2 aliphatic heterocycles. The average molecular weight is 517 g/mol. The Hall–Kier alpha value is -3.15. The maximum atomic E-state index is 13.4. The standard InChI is InChI=1S/C25H32N4O6S/c1-17-16-28(25(31)32)23-15-20(19-5-4-6-21(14-19)26-36(33,34)27(2)3)7-8-22(23)29(17)24(30)13-18-9-11-35-12-10-18/h4-8,14-15,17-18,26H,9-13,16H2,1-3H3,(H,31,32)/t17-/m0/s1. The third-order valence-electron chi connectivity index (χ3n) is 6.64. The van der Waals surface area contributed by atoms with E-state index in [1.165, 1.54) is 19.0 Å². The molecule has 0 bridgehead atoms. The van der Waals surface area contributed by atoms with Crippen molar-refractivity contribution in [3.05, 3.63) is 42.5 Å². The summed E-state index contributed by atoms with van der Waals surface area (Å²) in [5, 5.41) is 9.90. The van der Waals surface area contributed by atoms with Gasteiger partial charge in [-0.05, 0) is 61.1 Å². The van der Waals surface area contributed by atoms with Crippen molar-refractivity contribution in [3.8, 4) is 11.1 Å². The largest absolute Gasteiger partial charge is 0.465 e. The van der Waals surface area contributed by atoms with Crippen molar-refractivity contribution in [1.29, 1.82) is 0 Å². The molecule has 1 atom stereocenters. The minimum atomic E-state index is -3.67. The van der Waals surface area contributed by atoms with Crippen molar-refractivity contribution in [2.24, 2.45) is 5.92 Å². The summed E-state index contributed by atoms with van der Waals surface area (Å²) in [6.07, 6.45) is 0.990. The third-order valence-corrected chi connectivity index (χ3v) is 8.10. The summed E-state index contributed by atoms with van der Waals surface area (Å²) >= 11 is 0. The molecule has 4 rings (SSSR count). The molecule has 0 aromatic heterocycles. The summed E-state index contributed by atoms with van der Waals surface area (Å²) < 4.78 is 33.5. The highest BCUT2D eigenvalue weighted by molar-refractivity contribution is 7.90. The van der Waals surface area contributed by atoms with Crippen LogP contribution in [-0.2, 0) is 19.7 Å². The van der Waals surface area contributed by atoms with Crippen LogP contribution >= 0.6 is 0 Å². The van der Waals surface area contributed by atoms with Crippen LogP contribution in [0.3, 0.4) is 0 Å². The zero-order valence-corrected chi connectivity index (χ0v) is 21.5. The lowest BCUT2D eigenvalue weighted by Crippen LogP contribution is -2.52. The number of rotatable bonds is 6. The first kappa shape index (κ1) is 25.9. The van der Waals surface area contributed by atoms with Crippen LogP contribution < -0.4 is 14.5 Å². The van der Waals surface area contributed by atoms with Gasteiger partial charge in [-0.25, -0.2) is 4.79 Å². The number of carbonyl (C=O) groups excluding carboxylic acids is 1. The Morgan fingerprint density at radius 3 is 2.44 bits per heavy atom. The van der Waals surface area contributed by atoms with Gasteiger partial charge in [-0.2, -0.15) is 12.7 Å². The lowest BCUT2D eigenvalue weighted by molar-refractivity contribution is -0.120. The number of anilines is 3. The van der Waals surface area contributed by atoms with Crippen LogP contribution in [0, 0.1) is 5.92 Å². The van der Waals surface area contributed by atoms with E-state index in [-0.39, 0.29) is 24.4 Å². The van der Waals surface area contributed by atoms with Crippen molar-refractivity contribution >= 4 is 39.3 Å². The summed E-state index contributed by atoms with van der Waals surface area (Å²) in [6, 6.07) is 11.9. The van der Waals surface area contributed by atoms with Gasteiger partial charge in [0.2, 0.25) is 5.91 Å². The molecule has 2 aromatic carbocycles. The van der Waals surface area contributed by atoms with Gasteiger partial charge in [0.15, 0.2) is 0 Å². The third kappa shape index (κ3) is 5.48. The van der Waals surface area contributed by atoms with Crippen molar-refractivity contribution in [1.82, 2.24) is 4.31 Å². The number of hydrogen-bond donors (Lipinski definition) is 2. The van der Waals surface area contributed by atoms with E-state index < -0.39 is 16.3 Å². The maximum absolute atomic E-state index is 13.4. The second-order valence-corrected chi connectivity index (χ2v) is 11.3. The number of carbonyl (C=O) groups is 2. The number of fused-ring (bicyclic) bond motifs is 1. The summed E-state index contributed by atoms with van der Waals surface area (Å²) in [6.45, 7) is 3.33. The van der Waals surface area contributed by atoms with Crippen molar-refractivity contribution < 1.29 is 27.9 Å². The molecule has 2 aliphatic rings. The second kappa shape index (κ2) is 10.5. The van der Waals surface area contributed by atoms with Gasteiger partial charge in [0.1, 0.15) is 0 Å². The fraction of sp³-hybridized carbons (Fsp3) is 0.440. The van der Waals surface area contributed by atoms with Gasteiger partial charge in [-0.3, -0.25) is 14.4 Å². The van der Waals surface area contributed by atoms with Gasteiger partial charge >= 0.3 is 16.3 Å². The lowest BCUT2D eigenvalue weighted by Gasteiger charge is -2.41. The lowest BCUT2D eigenvalue weighted by atomic mass is 9.94. The molecule has 0 aliphatic carbocycles. The molecule has 1 fully saturated rings. The Kier molecular flexibility index (Phi) is 7.53. The van der Waals surface area contributed by atoms with Crippen LogP contribution in [0.4, 0.5) is 21.9 Å². The molecule has 2 heterocycles. The minimum absolute atomic E-state index is 0.0199. The van der Waals surface area contributed by atoms with E-state index in [2.05, 4.69) is 4.72 Å². The summed E-state index contributed by atoms with van der Waals surface area (Å²) in [5.74, 6) is 0.237. The fourth-order valence-corrected chi connectivity index (χ4v) is 5.27. The second-order valence-electron chi connectivity index (χ2n) is 9.44. The first-order chi connectivity index (χ1) is 17.1. The molecular weight excluding hydrogens is 484 g/mol. The molecule has 36 heavy (non-hydrogen) atoms. The minimum Gasteiger partial charge on any atom is -0.465 e. The number of nitrogens with zero attached hydrogens (tertiary/aromatic N) is 3. The molecule has 11 heteroatoms. The first-order valence-electron chi connectivity index (χ1n) is 11.9. The molecule has 1 saturated heterocycles. The van der Waals surface area contributed by atoms with Gasteiger partial charge in [0.05, 0.1) is 23.1 Å². The highest BCUT2D eigenvalue weighted by Crippen LogP contribution is 2.40. The van der Waals surface area contributed by atoms with Crippen molar-refractivity contribution in [3.63, 3.8) is 0 Å². The van der Waals surface area contributed by atoms with E-state index in [9.17, 15) is 23.1 Å². The molecule has 0 saturated carbocycles. The van der Waals surface area contributed by atoms with Crippen LogP contribution in [0.25, 0.3) is 11.1 Å². The van der Waals surface area contributed by atoms with Gasteiger partial charge in [-0.15, -0.1) is 0 Å². The van der Waals surface area contributed by atoms with Gasteiger partial charge in [0.25, 0.3) is 0 Å². The maximum Gasteiger partial charge on any atom is 0.411 e. The Bertz CT molecular complexity index is 1240. The normalized spacial score (nSPS) is 18.7. The van der Waals surface area contributed by atoms with Gasteiger partial charge < -0.3 is 14.7 Å². The van der Waals surface area contributed by atoms with Crippen LogP contribution in [0.2, 0.25) is 0 Å². The van der Waals surface area contributed by atoms with E-state index in [0.29, 0.717) is 47.8 Å². The Balaban J connectivity index is 1.67. The summed E-state index contributed by atoms with van der Waals surface area (Å²) in [7, 11) is -0.801. The van der Waals surface area contributed by atoms with Crippen LogP contribution in [0.15, 0.2) is 42.5 Å². The van der Waals surface area contributed by atoms with Crippen molar-refractivity contribution in [2.75, 3.05) is 48.4 Å². The molecular formula is C25H32N4O6S. The molecule has 10 nitrogen and oxygen atoms in total. The number of ether oxygens (including phenoxy) is 1. The zero-order valence-electron chi connectivity index (χ0n) is 20.7. The zero-order chi connectivity index (χ0) is 26.0. The predicted molar refractivity (Wildman–Crippen MR) is 139 cm³/mol. The Morgan fingerprint density at radius 1 is 1.08 bits per heavy atom. The molecule has 194 valence electrons. The van der Waals surface area contributed by atoms with Crippen LogP contribution in [-0.4, -0.2) is 69.7 Å². The Morgan fingerprint density at radius 2 is 1.78 bits per heavy atom. The smallest absolute Gasteiger partial charge is 0.411 e. The SMILES string of the molecule is C[C@H]1CN(C(=O)O)c2cc(-c3cccc(NS(=O)(=O)N(C)C)c3)ccc2N1C(=O)CC1CCOCC1. The van der Waals surface area contributed by atoms with Gasteiger partial charge in [0, 0.05) is 40.3 Å². The topological polar surface area (TPSA) is 119 Å². The van der Waals surface area contributed by atoms with E-state index in [1.54, 1.807) is 35.2 Å². The number of benzene rings is 2. The fourth-order valence-electron chi connectivity index (χ4n) is 4.66. The number of hydrogen-bond acceptors (Lipinski definition) is 5. The monoisotopic (exact) mass is 516 g/mol. The highest BCUT2D eigenvalue weighted by atomic mass is 32.2. The molecule has 2 amide bonds. The van der Waals surface area contributed by atoms with E-state index >= 15 is 0 Å². The molecule has 0 radical (unpaired) electrons. The van der Waals surface area contributed by atoms with Crippen molar-refractivity contribution in [2.45, 2.75) is 32.2 Å². The van der Waals surface area contributed by atoms with Gasteiger partial charge in [-0.1, -0.05) is 18.2 Å². The average Bonchev–Trinajstić information content (AvgIpc) is 2.83. The predicted octanol–water partition coefficient (Wildman–Crippen LogP) is 3.61. The van der Waals surface area contributed by atoms with E-state index in [4.69, 9.17) is 4.74 Å². The molecule has 2 aromatic rings. The van der Waals surface area contributed by atoms with Crippen LogP contribution in [0.5, 0.6) is 0 Å². The first-order valence-corrected chi connectivity index (χ1v) is 13.4. The quantitative estimate of drug-likeness (QED) is 0.605.